The van der Waals surface area contributed by atoms with Crippen molar-refractivity contribution in [2.45, 2.75) is 44.6 Å². The van der Waals surface area contributed by atoms with Gasteiger partial charge < -0.3 is 15.1 Å². The Bertz CT molecular complexity index is 226. The molecule has 3 nitrogen and oxygen atoms in total. The zero-order valence-electron chi connectivity index (χ0n) is 12.3. The fourth-order valence-electron chi connectivity index (χ4n) is 3.57. The quantitative estimate of drug-likeness (QED) is 0.824. The molecule has 1 unspecified atom stereocenters. The van der Waals surface area contributed by atoms with Crippen LogP contribution in [-0.2, 0) is 0 Å². The van der Waals surface area contributed by atoms with Crippen LogP contribution in [0.25, 0.3) is 0 Å². The molecule has 1 heterocycles. The smallest absolute Gasteiger partial charge is 0.0220 e. The van der Waals surface area contributed by atoms with Crippen LogP contribution in [0.3, 0.4) is 0 Å². The van der Waals surface area contributed by atoms with Crippen LogP contribution >= 0.6 is 0 Å². The average molecular weight is 253 g/mol. The van der Waals surface area contributed by atoms with E-state index in [2.05, 4.69) is 29.2 Å². The van der Waals surface area contributed by atoms with E-state index in [0.717, 1.165) is 5.92 Å². The van der Waals surface area contributed by atoms with Gasteiger partial charge in [0.1, 0.15) is 0 Å². The van der Waals surface area contributed by atoms with Crippen LogP contribution in [0.5, 0.6) is 0 Å². The lowest BCUT2D eigenvalue weighted by molar-refractivity contribution is 0.192. The Labute approximate surface area is 113 Å². The maximum atomic E-state index is 3.60. The monoisotopic (exact) mass is 253 g/mol. The highest BCUT2D eigenvalue weighted by atomic mass is 15.2. The fourth-order valence-corrected chi connectivity index (χ4v) is 3.57. The predicted octanol–water partition coefficient (Wildman–Crippen LogP) is 1.79. The molecule has 1 atom stereocenters. The third kappa shape index (κ3) is 4.22. The molecule has 0 bridgehead atoms. The summed E-state index contributed by atoms with van der Waals surface area (Å²) in [6, 6.07) is 0.716. The van der Waals surface area contributed by atoms with Gasteiger partial charge in [-0.3, -0.25) is 0 Å². The number of nitrogens with one attached hydrogen (secondary N) is 1. The Balaban J connectivity index is 1.81. The first-order valence-corrected chi connectivity index (χ1v) is 7.88. The first-order chi connectivity index (χ1) is 8.79. The van der Waals surface area contributed by atoms with Crippen LogP contribution < -0.4 is 5.32 Å². The second kappa shape index (κ2) is 7.46. The van der Waals surface area contributed by atoms with E-state index in [9.17, 15) is 0 Å². The maximum absolute atomic E-state index is 3.60. The molecule has 3 heteroatoms. The molecule has 1 saturated carbocycles. The lowest BCUT2D eigenvalue weighted by atomic mass is 9.83. The molecule has 106 valence electrons. The van der Waals surface area contributed by atoms with E-state index in [1.165, 1.54) is 71.2 Å². The summed E-state index contributed by atoms with van der Waals surface area (Å²) in [4.78, 5) is 5.15. The number of likely N-dealkylation sites (N-methyl/N-ethyl adjacent to an activating group) is 2. The van der Waals surface area contributed by atoms with Gasteiger partial charge in [0.15, 0.2) is 0 Å². The second-order valence-electron chi connectivity index (χ2n) is 6.25. The normalized spacial score (nSPS) is 27.0. The van der Waals surface area contributed by atoms with Gasteiger partial charge in [-0.2, -0.15) is 0 Å². The molecule has 0 spiro atoms. The molecular formula is C15H31N3. The molecule has 0 aromatic rings. The zero-order valence-corrected chi connectivity index (χ0v) is 12.3. The third-order valence-electron chi connectivity index (χ3n) is 4.86. The van der Waals surface area contributed by atoms with E-state index in [4.69, 9.17) is 0 Å². The number of hydrogen-bond donors (Lipinski definition) is 1. The van der Waals surface area contributed by atoms with Gasteiger partial charge in [0, 0.05) is 25.7 Å². The minimum Gasteiger partial charge on any atom is -0.315 e. The van der Waals surface area contributed by atoms with Crippen LogP contribution in [0.4, 0.5) is 0 Å². The van der Waals surface area contributed by atoms with E-state index in [1.807, 2.05) is 0 Å². The summed E-state index contributed by atoms with van der Waals surface area (Å²) in [7, 11) is 4.41. The first kappa shape index (κ1) is 14.3. The lowest BCUT2D eigenvalue weighted by Gasteiger charge is -2.34. The summed E-state index contributed by atoms with van der Waals surface area (Å²) in [5.74, 6) is 0.921. The van der Waals surface area contributed by atoms with Gasteiger partial charge in [0.2, 0.25) is 0 Å². The Hall–Kier alpha value is -0.120. The summed E-state index contributed by atoms with van der Waals surface area (Å²) in [5.41, 5.74) is 0. The average Bonchev–Trinajstić information content (AvgIpc) is 2.62. The molecule has 1 N–H and O–H groups in total. The van der Waals surface area contributed by atoms with Gasteiger partial charge in [0.25, 0.3) is 0 Å². The molecule has 0 aromatic heterocycles. The molecule has 2 aliphatic rings. The van der Waals surface area contributed by atoms with Gasteiger partial charge in [0.05, 0.1) is 0 Å². The van der Waals surface area contributed by atoms with Crippen molar-refractivity contribution in [2.75, 3.05) is 46.8 Å². The van der Waals surface area contributed by atoms with Gasteiger partial charge in [-0.1, -0.05) is 19.3 Å². The van der Waals surface area contributed by atoms with Gasteiger partial charge in [-0.15, -0.1) is 0 Å². The van der Waals surface area contributed by atoms with Crippen molar-refractivity contribution >= 4 is 0 Å². The third-order valence-corrected chi connectivity index (χ3v) is 4.86. The van der Waals surface area contributed by atoms with Crippen molar-refractivity contribution in [3.63, 3.8) is 0 Å². The van der Waals surface area contributed by atoms with Crippen molar-refractivity contribution in [3.05, 3.63) is 0 Å². The molecular weight excluding hydrogens is 222 g/mol. The highest BCUT2D eigenvalue weighted by Crippen LogP contribution is 2.26. The summed E-state index contributed by atoms with van der Waals surface area (Å²) in [6.45, 7) is 6.30. The molecule has 0 aromatic carbocycles. The van der Waals surface area contributed by atoms with Crippen LogP contribution in [0.1, 0.15) is 38.5 Å². The minimum absolute atomic E-state index is 0.716. The summed E-state index contributed by atoms with van der Waals surface area (Å²) in [6.07, 6.45) is 8.58. The van der Waals surface area contributed by atoms with E-state index in [0.29, 0.717) is 6.04 Å². The van der Waals surface area contributed by atoms with E-state index in [-0.39, 0.29) is 0 Å². The molecule has 18 heavy (non-hydrogen) atoms. The van der Waals surface area contributed by atoms with Crippen molar-refractivity contribution < 1.29 is 0 Å². The van der Waals surface area contributed by atoms with Gasteiger partial charge >= 0.3 is 0 Å². The highest BCUT2D eigenvalue weighted by molar-refractivity contribution is 4.82. The van der Waals surface area contributed by atoms with Crippen LogP contribution in [0, 0.1) is 5.92 Å². The lowest BCUT2D eigenvalue weighted by Crippen LogP contribution is -2.45. The number of hydrogen-bond acceptors (Lipinski definition) is 3. The molecule has 0 amide bonds. The standard InChI is InChI=1S/C15H31N3/c1-16-15(14-7-4-3-5-8-14)13-18-10-6-9-17(2)11-12-18/h14-16H,3-13H2,1-2H3. The van der Waals surface area contributed by atoms with Gasteiger partial charge in [-0.25, -0.2) is 0 Å². The van der Waals surface area contributed by atoms with Crippen LogP contribution in [0.15, 0.2) is 0 Å². The summed E-state index contributed by atoms with van der Waals surface area (Å²) < 4.78 is 0. The van der Waals surface area contributed by atoms with Crippen LogP contribution in [-0.4, -0.2) is 62.7 Å². The largest absolute Gasteiger partial charge is 0.315 e. The molecule has 2 fully saturated rings. The fraction of sp³-hybridized carbons (Fsp3) is 1.00. The molecule has 0 radical (unpaired) electrons. The highest BCUT2D eigenvalue weighted by Gasteiger charge is 2.24. The molecule has 1 aliphatic heterocycles. The molecule has 1 saturated heterocycles. The van der Waals surface area contributed by atoms with Crippen molar-refractivity contribution in [1.82, 2.24) is 15.1 Å². The van der Waals surface area contributed by atoms with E-state index >= 15 is 0 Å². The Morgan fingerprint density at radius 3 is 2.50 bits per heavy atom. The molecule has 1 aliphatic carbocycles. The van der Waals surface area contributed by atoms with Crippen LogP contribution in [0.2, 0.25) is 0 Å². The topological polar surface area (TPSA) is 18.5 Å². The van der Waals surface area contributed by atoms with Crippen molar-refractivity contribution in [2.24, 2.45) is 5.92 Å². The molecule has 2 rings (SSSR count). The SMILES string of the molecule is CNC(CN1CCCN(C)CC1)C1CCCCC1. The first-order valence-electron chi connectivity index (χ1n) is 7.88. The van der Waals surface area contributed by atoms with Crippen molar-refractivity contribution in [1.29, 1.82) is 0 Å². The second-order valence-corrected chi connectivity index (χ2v) is 6.25. The predicted molar refractivity (Wildman–Crippen MR) is 78.0 cm³/mol. The summed E-state index contributed by atoms with van der Waals surface area (Å²) in [5, 5.41) is 3.60. The van der Waals surface area contributed by atoms with Gasteiger partial charge in [-0.05, 0) is 52.4 Å². The number of rotatable bonds is 4. The Kier molecular flexibility index (Phi) is 5.93. The Morgan fingerprint density at radius 2 is 1.78 bits per heavy atom. The summed E-state index contributed by atoms with van der Waals surface area (Å²) >= 11 is 0. The van der Waals surface area contributed by atoms with E-state index in [1.54, 1.807) is 0 Å². The van der Waals surface area contributed by atoms with E-state index < -0.39 is 0 Å². The Morgan fingerprint density at radius 1 is 1.00 bits per heavy atom. The maximum Gasteiger partial charge on any atom is 0.0220 e. The van der Waals surface area contributed by atoms with Crippen molar-refractivity contribution in [3.8, 4) is 0 Å². The minimum atomic E-state index is 0.716. The zero-order chi connectivity index (χ0) is 12.8. The number of nitrogens with zero attached hydrogens (tertiary/aromatic N) is 2.